The Morgan fingerprint density at radius 1 is 1.09 bits per heavy atom. The number of hydrogen-bond acceptors (Lipinski definition) is 4. The van der Waals surface area contributed by atoms with Gasteiger partial charge in [0.25, 0.3) is 0 Å². The van der Waals surface area contributed by atoms with Gasteiger partial charge in [0.2, 0.25) is 5.88 Å². The van der Waals surface area contributed by atoms with Crippen molar-refractivity contribution in [1.82, 2.24) is 14.8 Å². The minimum absolute atomic E-state index is 0.159. The van der Waals surface area contributed by atoms with Gasteiger partial charge >= 0.3 is 6.09 Å². The van der Waals surface area contributed by atoms with Crippen molar-refractivity contribution < 1.29 is 14.3 Å². The van der Waals surface area contributed by atoms with Crippen LogP contribution in [0.2, 0.25) is 0 Å². The average molecular weight is 436 g/mol. The number of fused-ring (bicyclic) bond motifs is 1. The quantitative estimate of drug-likeness (QED) is 0.576. The summed E-state index contributed by atoms with van der Waals surface area (Å²) < 4.78 is 13.2. The molecule has 6 heteroatoms. The molecule has 1 aliphatic rings. The minimum Gasteiger partial charge on any atom is -0.497 e. The van der Waals surface area contributed by atoms with E-state index in [-0.39, 0.29) is 12.1 Å². The van der Waals surface area contributed by atoms with Crippen LogP contribution >= 0.6 is 0 Å². The second-order valence-corrected chi connectivity index (χ2v) is 8.73. The van der Waals surface area contributed by atoms with Crippen molar-refractivity contribution in [2.24, 2.45) is 0 Å². The van der Waals surface area contributed by atoms with Gasteiger partial charge in [-0.2, -0.15) is 0 Å². The topological polar surface area (TPSA) is 55.7 Å². The summed E-state index contributed by atoms with van der Waals surface area (Å²) in [5, 5.41) is 4.13. The van der Waals surface area contributed by atoms with Crippen LogP contribution in [-0.2, 0) is 13.0 Å². The van der Waals surface area contributed by atoms with E-state index >= 15 is 0 Å². The first-order valence-electron chi connectivity index (χ1n) is 11.5. The minimum atomic E-state index is -0.376. The summed E-state index contributed by atoms with van der Waals surface area (Å²) in [5.41, 5.74) is 2.23. The SMILES string of the molecule is COc1cccc(CCn2c(OC(=O)NC3CCN(C(C)C)CC3)cc3ccccc32)c1. The smallest absolute Gasteiger partial charge is 0.414 e. The molecule has 0 aliphatic carbocycles. The maximum atomic E-state index is 12.7. The molecule has 1 aliphatic heterocycles. The second-order valence-electron chi connectivity index (χ2n) is 8.73. The summed E-state index contributed by atoms with van der Waals surface area (Å²) in [6, 6.07) is 18.8. The number of aryl methyl sites for hydroxylation is 2. The van der Waals surface area contributed by atoms with Crippen LogP contribution < -0.4 is 14.8 Å². The van der Waals surface area contributed by atoms with Gasteiger partial charge in [0.05, 0.1) is 12.6 Å². The first-order chi connectivity index (χ1) is 15.5. The van der Waals surface area contributed by atoms with Crippen LogP contribution in [0.4, 0.5) is 4.79 Å². The molecule has 6 nitrogen and oxygen atoms in total. The van der Waals surface area contributed by atoms with Gasteiger partial charge in [0.15, 0.2) is 0 Å². The van der Waals surface area contributed by atoms with Gasteiger partial charge in [-0.05, 0) is 56.9 Å². The lowest BCUT2D eigenvalue weighted by Crippen LogP contribution is -2.47. The predicted molar refractivity (Wildman–Crippen MR) is 128 cm³/mol. The highest BCUT2D eigenvalue weighted by Gasteiger charge is 2.23. The average Bonchev–Trinajstić information content (AvgIpc) is 3.14. The Balaban J connectivity index is 1.44. The summed E-state index contributed by atoms with van der Waals surface area (Å²) in [6.07, 6.45) is 2.33. The molecule has 1 fully saturated rings. The molecule has 1 saturated heterocycles. The van der Waals surface area contributed by atoms with Crippen molar-refractivity contribution in [2.45, 2.75) is 51.7 Å². The normalized spacial score (nSPS) is 15.2. The van der Waals surface area contributed by atoms with Crippen LogP contribution in [0.25, 0.3) is 10.9 Å². The van der Waals surface area contributed by atoms with Crippen molar-refractivity contribution >= 4 is 17.0 Å². The van der Waals surface area contributed by atoms with E-state index in [1.54, 1.807) is 7.11 Å². The number of carbonyl (C=O) groups excluding carboxylic acids is 1. The van der Waals surface area contributed by atoms with E-state index in [9.17, 15) is 4.79 Å². The number of nitrogens with zero attached hydrogens (tertiary/aromatic N) is 2. The van der Waals surface area contributed by atoms with Crippen LogP contribution in [-0.4, -0.2) is 47.8 Å². The molecule has 1 amide bonds. The molecule has 1 N–H and O–H groups in total. The second kappa shape index (κ2) is 10.1. The van der Waals surface area contributed by atoms with Gasteiger partial charge in [-0.1, -0.05) is 30.3 Å². The molecule has 0 unspecified atom stereocenters. The number of hydrogen-bond donors (Lipinski definition) is 1. The van der Waals surface area contributed by atoms with Crippen molar-refractivity contribution in [2.75, 3.05) is 20.2 Å². The highest BCUT2D eigenvalue weighted by atomic mass is 16.6. The number of ether oxygens (including phenoxy) is 2. The van der Waals surface area contributed by atoms with Gasteiger partial charge in [-0.15, -0.1) is 0 Å². The van der Waals surface area contributed by atoms with E-state index in [1.807, 2.05) is 42.5 Å². The third-order valence-corrected chi connectivity index (χ3v) is 6.31. The summed E-state index contributed by atoms with van der Waals surface area (Å²) in [7, 11) is 1.68. The van der Waals surface area contributed by atoms with E-state index in [0.29, 0.717) is 18.5 Å². The Labute approximate surface area is 190 Å². The largest absolute Gasteiger partial charge is 0.497 e. The Morgan fingerprint density at radius 2 is 1.88 bits per heavy atom. The molecule has 170 valence electrons. The van der Waals surface area contributed by atoms with E-state index in [1.165, 1.54) is 5.56 Å². The third-order valence-electron chi connectivity index (χ3n) is 6.31. The fourth-order valence-electron chi connectivity index (χ4n) is 4.42. The monoisotopic (exact) mass is 435 g/mol. The number of nitrogens with one attached hydrogen (secondary N) is 1. The first kappa shape index (κ1) is 22.2. The fourth-order valence-corrected chi connectivity index (χ4v) is 4.42. The van der Waals surface area contributed by atoms with Crippen LogP contribution in [0, 0.1) is 0 Å². The maximum absolute atomic E-state index is 12.7. The van der Waals surface area contributed by atoms with Crippen LogP contribution in [0.15, 0.2) is 54.6 Å². The van der Waals surface area contributed by atoms with Crippen molar-refractivity contribution in [3.8, 4) is 11.6 Å². The molecule has 0 saturated carbocycles. The molecular formula is C26H33N3O3. The zero-order valence-corrected chi connectivity index (χ0v) is 19.2. The number of rotatable bonds is 7. The highest BCUT2D eigenvalue weighted by Crippen LogP contribution is 2.27. The van der Waals surface area contributed by atoms with Gasteiger partial charge in [-0.3, -0.25) is 0 Å². The zero-order chi connectivity index (χ0) is 22.5. The Morgan fingerprint density at radius 3 is 2.62 bits per heavy atom. The molecule has 0 bridgehead atoms. The summed E-state index contributed by atoms with van der Waals surface area (Å²) in [5.74, 6) is 1.42. The molecule has 0 atom stereocenters. The van der Waals surface area contributed by atoms with Gasteiger partial charge in [0.1, 0.15) is 5.75 Å². The number of methoxy groups -OCH3 is 1. The maximum Gasteiger partial charge on any atom is 0.414 e. The highest BCUT2D eigenvalue weighted by molar-refractivity contribution is 5.83. The molecule has 32 heavy (non-hydrogen) atoms. The summed E-state index contributed by atoms with van der Waals surface area (Å²) in [6.45, 7) is 7.14. The van der Waals surface area contributed by atoms with Crippen molar-refractivity contribution in [1.29, 1.82) is 0 Å². The number of amides is 1. The molecule has 2 heterocycles. The van der Waals surface area contributed by atoms with E-state index in [4.69, 9.17) is 9.47 Å². The van der Waals surface area contributed by atoms with Crippen molar-refractivity contribution in [3.63, 3.8) is 0 Å². The number of piperidine rings is 1. The van der Waals surface area contributed by atoms with Crippen LogP contribution in [0.5, 0.6) is 11.6 Å². The number of aromatic nitrogens is 1. The zero-order valence-electron chi connectivity index (χ0n) is 19.2. The van der Waals surface area contributed by atoms with Gasteiger partial charge < -0.3 is 24.3 Å². The lowest BCUT2D eigenvalue weighted by atomic mass is 10.0. The van der Waals surface area contributed by atoms with E-state index in [0.717, 1.165) is 49.0 Å². The number of likely N-dealkylation sites (tertiary alicyclic amines) is 1. The molecule has 4 rings (SSSR count). The third kappa shape index (κ3) is 5.25. The van der Waals surface area contributed by atoms with Gasteiger partial charge in [0, 0.05) is 43.2 Å². The predicted octanol–water partition coefficient (Wildman–Crippen LogP) is 4.85. The Bertz CT molecular complexity index is 1050. The van der Waals surface area contributed by atoms with Crippen molar-refractivity contribution in [3.05, 3.63) is 60.2 Å². The standard InChI is InChI=1S/C26H33N3O3/c1-19(2)28-14-12-22(13-15-28)27-26(30)32-25-18-21-8-4-5-10-24(21)29(25)16-11-20-7-6-9-23(17-20)31-3/h4-10,17-19,22H,11-16H2,1-3H3,(H,27,30). The molecule has 0 spiro atoms. The molecule has 3 aromatic rings. The van der Waals surface area contributed by atoms with E-state index in [2.05, 4.69) is 40.8 Å². The molecule has 1 aromatic heterocycles. The molecular weight excluding hydrogens is 402 g/mol. The molecule has 2 aromatic carbocycles. The number of carbonyl (C=O) groups is 1. The lowest BCUT2D eigenvalue weighted by molar-refractivity contribution is 0.151. The molecule has 0 radical (unpaired) electrons. The Hall–Kier alpha value is -2.99. The fraction of sp³-hybridized carbons (Fsp3) is 0.423. The Kier molecular flexibility index (Phi) is 7.00. The lowest BCUT2D eigenvalue weighted by Gasteiger charge is -2.34. The number of benzene rings is 2. The van der Waals surface area contributed by atoms with Crippen LogP contribution in [0.3, 0.4) is 0 Å². The number of para-hydroxylation sites is 1. The van der Waals surface area contributed by atoms with Gasteiger partial charge in [-0.25, -0.2) is 4.79 Å². The summed E-state index contributed by atoms with van der Waals surface area (Å²) >= 11 is 0. The first-order valence-corrected chi connectivity index (χ1v) is 11.5. The van der Waals surface area contributed by atoms with E-state index < -0.39 is 0 Å². The van der Waals surface area contributed by atoms with Crippen LogP contribution in [0.1, 0.15) is 32.3 Å². The summed E-state index contributed by atoms with van der Waals surface area (Å²) in [4.78, 5) is 15.2.